The van der Waals surface area contributed by atoms with Crippen LogP contribution in [0.1, 0.15) is 12.5 Å². The number of hydrogen-bond acceptors (Lipinski definition) is 5. The molecule has 1 saturated heterocycles. The standard InChI is InChI=1S/C20H16F4N4O3S/c1-10-9-31-19(16(29)25-10,20(22,23)24)11-2-7-14-15(8-11)32-18(27-14)28-17(30)26-13-5-3-12(21)4-6-13/h2-8,10H,9H2,1H3,(H,25,29)(H2,26,27,28,30)/t10?,19-/m0/s1. The Balaban J connectivity index is 1.60. The molecule has 0 saturated carbocycles. The number of ether oxygens (including phenoxy) is 1. The third kappa shape index (κ3) is 3.98. The Labute approximate surface area is 182 Å². The van der Waals surface area contributed by atoms with Crippen molar-refractivity contribution < 1.29 is 31.9 Å². The molecule has 1 aliphatic rings. The van der Waals surface area contributed by atoms with Crippen molar-refractivity contribution in [3.63, 3.8) is 0 Å². The number of benzene rings is 2. The van der Waals surface area contributed by atoms with E-state index in [0.717, 1.165) is 17.4 Å². The number of fused-ring (bicyclic) bond motifs is 1. The maximum Gasteiger partial charge on any atom is 0.430 e. The summed E-state index contributed by atoms with van der Waals surface area (Å²) >= 11 is 0.930. The van der Waals surface area contributed by atoms with E-state index in [1.54, 1.807) is 6.92 Å². The Hall–Kier alpha value is -3.25. The van der Waals surface area contributed by atoms with Gasteiger partial charge in [0.2, 0.25) is 0 Å². The van der Waals surface area contributed by atoms with Crippen molar-refractivity contribution >= 4 is 44.3 Å². The Morgan fingerprint density at radius 2 is 1.94 bits per heavy atom. The number of halogens is 4. The van der Waals surface area contributed by atoms with Gasteiger partial charge in [-0.3, -0.25) is 10.1 Å². The van der Waals surface area contributed by atoms with E-state index in [-0.39, 0.29) is 17.3 Å². The molecule has 7 nitrogen and oxygen atoms in total. The van der Waals surface area contributed by atoms with Crippen LogP contribution < -0.4 is 16.0 Å². The van der Waals surface area contributed by atoms with Gasteiger partial charge in [-0.1, -0.05) is 17.4 Å². The number of amides is 3. The fraction of sp³-hybridized carbons (Fsp3) is 0.250. The van der Waals surface area contributed by atoms with Crippen LogP contribution in [-0.2, 0) is 15.1 Å². The molecule has 3 N–H and O–H groups in total. The molecular formula is C20H16F4N4O3S. The molecule has 0 aliphatic carbocycles. The summed E-state index contributed by atoms with van der Waals surface area (Å²) in [4.78, 5) is 28.7. The average molecular weight is 468 g/mol. The van der Waals surface area contributed by atoms with E-state index in [0.29, 0.717) is 15.9 Å². The fourth-order valence-corrected chi connectivity index (χ4v) is 4.16. The van der Waals surface area contributed by atoms with Gasteiger partial charge in [0.1, 0.15) is 5.82 Å². The van der Waals surface area contributed by atoms with Gasteiger partial charge in [0, 0.05) is 17.3 Å². The number of morpholine rings is 1. The number of carbonyl (C=O) groups is 2. The second-order valence-electron chi connectivity index (χ2n) is 7.15. The van der Waals surface area contributed by atoms with Gasteiger partial charge in [-0.25, -0.2) is 14.2 Å². The third-order valence-electron chi connectivity index (χ3n) is 4.76. The van der Waals surface area contributed by atoms with Crippen LogP contribution in [0.2, 0.25) is 0 Å². The topological polar surface area (TPSA) is 92.3 Å². The fourth-order valence-electron chi connectivity index (χ4n) is 3.26. The van der Waals surface area contributed by atoms with Gasteiger partial charge in [-0.2, -0.15) is 13.2 Å². The van der Waals surface area contributed by atoms with E-state index in [4.69, 9.17) is 4.74 Å². The molecule has 2 aromatic carbocycles. The predicted molar refractivity (Wildman–Crippen MR) is 110 cm³/mol. The zero-order valence-corrected chi connectivity index (χ0v) is 17.2. The van der Waals surface area contributed by atoms with E-state index in [2.05, 4.69) is 20.9 Å². The molecule has 0 radical (unpaired) electrons. The van der Waals surface area contributed by atoms with Crippen molar-refractivity contribution in [2.24, 2.45) is 0 Å². The number of rotatable bonds is 3. The molecule has 3 aromatic rings. The molecule has 1 aromatic heterocycles. The molecule has 12 heteroatoms. The molecule has 2 atom stereocenters. The first kappa shape index (κ1) is 22.0. The number of hydrogen-bond donors (Lipinski definition) is 3. The molecule has 4 rings (SSSR count). The third-order valence-corrected chi connectivity index (χ3v) is 5.70. The molecule has 3 amide bonds. The molecule has 168 valence electrons. The van der Waals surface area contributed by atoms with E-state index in [1.165, 1.54) is 36.4 Å². The lowest BCUT2D eigenvalue weighted by atomic mass is 9.90. The summed E-state index contributed by atoms with van der Waals surface area (Å²) in [6.07, 6.45) is -4.99. The second kappa shape index (κ2) is 8.02. The molecule has 0 bridgehead atoms. The molecule has 1 fully saturated rings. The maximum atomic E-state index is 14.0. The molecular weight excluding hydrogens is 452 g/mol. The van der Waals surface area contributed by atoms with Crippen molar-refractivity contribution in [3.8, 4) is 0 Å². The first-order valence-electron chi connectivity index (χ1n) is 9.35. The summed E-state index contributed by atoms with van der Waals surface area (Å²) in [5.74, 6) is -1.75. The summed E-state index contributed by atoms with van der Waals surface area (Å²) in [7, 11) is 0. The average Bonchev–Trinajstić information content (AvgIpc) is 3.10. The van der Waals surface area contributed by atoms with Crippen molar-refractivity contribution in [1.29, 1.82) is 0 Å². The summed E-state index contributed by atoms with van der Waals surface area (Å²) in [6.45, 7) is 1.24. The van der Waals surface area contributed by atoms with Crippen LogP contribution in [0, 0.1) is 5.82 Å². The minimum atomic E-state index is -4.99. The van der Waals surface area contributed by atoms with E-state index < -0.39 is 35.6 Å². The molecule has 0 spiro atoms. The minimum Gasteiger partial charge on any atom is -0.351 e. The van der Waals surface area contributed by atoms with Crippen LogP contribution >= 0.6 is 11.3 Å². The summed E-state index contributed by atoms with van der Waals surface area (Å²) < 4.78 is 60.3. The highest BCUT2D eigenvalue weighted by Crippen LogP contribution is 2.45. The smallest absolute Gasteiger partial charge is 0.351 e. The van der Waals surface area contributed by atoms with Crippen molar-refractivity contribution in [1.82, 2.24) is 10.3 Å². The Kier molecular flexibility index (Phi) is 5.51. The summed E-state index contributed by atoms with van der Waals surface area (Å²) in [5, 5.41) is 7.39. The quantitative estimate of drug-likeness (QED) is 0.498. The molecule has 1 aliphatic heterocycles. The van der Waals surface area contributed by atoms with Gasteiger partial charge < -0.3 is 15.4 Å². The number of nitrogens with zero attached hydrogens (tertiary/aromatic N) is 1. The van der Waals surface area contributed by atoms with Crippen LogP contribution in [0.3, 0.4) is 0 Å². The highest BCUT2D eigenvalue weighted by Gasteiger charge is 2.64. The minimum absolute atomic E-state index is 0.125. The Bertz CT molecular complexity index is 1180. The normalized spacial score (nSPS) is 21.3. The number of urea groups is 1. The van der Waals surface area contributed by atoms with Crippen LogP contribution in [0.5, 0.6) is 0 Å². The zero-order chi connectivity index (χ0) is 23.1. The van der Waals surface area contributed by atoms with Gasteiger partial charge in [0.25, 0.3) is 11.5 Å². The van der Waals surface area contributed by atoms with Gasteiger partial charge in [-0.15, -0.1) is 0 Å². The Morgan fingerprint density at radius 1 is 1.22 bits per heavy atom. The number of alkyl halides is 3. The van der Waals surface area contributed by atoms with Gasteiger partial charge in [0.15, 0.2) is 5.13 Å². The lowest BCUT2D eigenvalue weighted by molar-refractivity contribution is -0.281. The first-order valence-corrected chi connectivity index (χ1v) is 10.2. The molecule has 1 unspecified atom stereocenters. The van der Waals surface area contributed by atoms with Gasteiger partial charge in [0.05, 0.1) is 16.8 Å². The van der Waals surface area contributed by atoms with Gasteiger partial charge >= 0.3 is 12.2 Å². The highest BCUT2D eigenvalue weighted by molar-refractivity contribution is 7.22. The second-order valence-corrected chi connectivity index (χ2v) is 8.18. The number of carbonyl (C=O) groups excluding carboxylic acids is 2. The SMILES string of the molecule is CC1CO[C@](c2ccc3nc(NC(=O)Nc4ccc(F)cc4)sc3c2)(C(F)(F)F)C(=O)N1. The van der Waals surface area contributed by atoms with E-state index >= 15 is 0 Å². The van der Waals surface area contributed by atoms with Crippen LogP contribution in [0.4, 0.5) is 33.2 Å². The monoisotopic (exact) mass is 468 g/mol. The number of nitrogens with one attached hydrogen (secondary N) is 3. The van der Waals surface area contributed by atoms with E-state index in [9.17, 15) is 27.2 Å². The maximum absolute atomic E-state index is 14.0. The van der Waals surface area contributed by atoms with Crippen LogP contribution in [0.15, 0.2) is 42.5 Å². The van der Waals surface area contributed by atoms with E-state index in [1.807, 2.05) is 0 Å². The summed E-state index contributed by atoms with van der Waals surface area (Å²) in [5.41, 5.74) is -2.84. The zero-order valence-electron chi connectivity index (χ0n) is 16.4. The molecule has 2 heterocycles. The summed E-state index contributed by atoms with van der Waals surface area (Å²) in [6, 6.07) is 7.51. The van der Waals surface area contributed by atoms with Crippen LogP contribution in [0.25, 0.3) is 10.2 Å². The van der Waals surface area contributed by atoms with Gasteiger partial charge in [-0.05, 0) is 43.3 Å². The lowest BCUT2D eigenvalue weighted by Crippen LogP contribution is -2.62. The number of thiazole rings is 1. The Morgan fingerprint density at radius 3 is 2.59 bits per heavy atom. The highest BCUT2D eigenvalue weighted by atomic mass is 32.1. The lowest BCUT2D eigenvalue weighted by Gasteiger charge is -2.39. The van der Waals surface area contributed by atoms with Crippen molar-refractivity contribution in [2.75, 3.05) is 17.2 Å². The first-order chi connectivity index (χ1) is 15.1. The van der Waals surface area contributed by atoms with Crippen molar-refractivity contribution in [2.45, 2.75) is 24.7 Å². The number of anilines is 2. The van der Waals surface area contributed by atoms with Crippen molar-refractivity contribution in [3.05, 3.63) is 53.8 Å². The molecule has 32 heavy (non-hydrogen) atoms. The largest absolute Gasteiger partial charge is 0.430 e. The number of aromatic nitrogens is 1. The van der Waals surface area contributed by atoms with Crippen LogP contribution in [-0.4, -0.2) is 35.7 Å². The predicted octanol–water partition coefficient (Wildman–Crippen LogP) is 4.37.